The number of methoxy groups -OCH3 is 3. The van der Waals surface area contributed by atoms with Gasteiger partial charge in [0.25, 0.3) is 0 Å². The molecule has 0 radical (unpaired) electrons. The Morgan fingerprint density at radius 2 is 1.74 bits per heavy atom. The lowest BCUT2D eigenvalue weighted by molar-refractivity contribution is -0.142. The summed E-state index contributed by atoms with van der Waals surface area (Å²) in [7, 11) is 4.98. The molecule has 2 aliphatic heterocycles. The second-order valence-electron chi connectivity index (χ2n) is 13.1. The van der Waals surface area contributed by atoms with Crippen molar-refractivity contribution in [2.75, 3.05) is 34.5 Å². The van der Waals surface area contributed by atoms with Crippen molar-refractivity contribution < 1.29 is 33.2 Å². The second-order valence-corrected chi connectivity index (χ2v) is 13.1. The van der Waals surface area contributed by atoms with Gasteiger partial charge >= 0.3 is 5.97 Å². The largest absolute Gasteiger partial charge is 0.485 e. The normalized spacial score (nSPS) is 22.6. The molecule has 1 N–H and O–H groups in total. The SMILES string of the molecule is COCC1CC[C@H](COC)N1Cc1cc(C2CCc3ccc([C@H](C4CC4)[C@H](C)C(=O)O)cc3O2)ccc1-c1cc(OC)ncc1F. The maximum Gasteiger partial charge on any atom is 0.306 e. The zero-order valence-corrected chi connectivity index (χ0v) is 27.2. The first-order valence-corrected chi connectivity index (χ1v) is 16.4. The number of carboxylic acids is 1. The standard InChI is InChI=1S/C37H45FN2O6/c1-22(37(41)42)36(24-6-7-24)26-8-5-23-10-14-33(46-34(23)16-26)25-9-13-30(31-17-35(45-4)39-18-32(31)38)27(15-25)19-40-28(20-43-2)11-12-29(40)21-44-3/h5,8-9,13,15-18,22,24,28-29,33,36H,6-7,10-12,14,19-21H2,1-4H3,(H,41,42)/t22-,28+,29?,33?,36-/m0/s1. The Hall–Kier alpha value is -3.53. The van der Waals surface area contributed by atoms with Crippen LogP contribution in [-0.4, -0.2) is 67.6 Å². The predicted octanol–water partition coefficient (Wildman–Crippen LogP) is 6.80. The van der Waals surface area contributed by atoms with Crippen LogP contribution in [0, 0.1) is 17.7 Å². The summed E-state index contributed by atoms with van der Waals surface area (Å²) >= 11 is 0. The van der Waals surface area contributed by atoms with Gasteiger partial charge in [0.2, 0.25) is 5.88 Å². The lowest BCUT2D eigenvalue weighted by Crippen LogP contribution is -2.40. The van der Waals surface area contributed by atoms with Gasteiger partial charge < -0.3 is 24.1 Å². The Morgan fingerprint density at radius 3 is 2.39 bits per heavy atom. The van der Waals surface area contributed by atoms with Crippen LogP contribution in [0.1, 0.15) is 73.3 Å². The van der Waals surface area contributed by atoms with E-state index < -0.39 is 17.7 Å². The van der Waals surface area contributed by atoms with E-state index in [9.17, 15) is 9.90 Å². The summed E-state index contributed by atoms with van der Waals surface area (Å²) in [4.78, 5) is 18.4. The Labute approximate surface area is 270 Å². The molecule has 0 amide bonds. The van der Waals surface area contributed by atoms with E-state index in [1.807, 2.05) is 19.1 Å². The minimum absolute atomic E-state index is 0.0227. The first-order valence-electron chi connectivity index (χ1n) is 16.4. The van der Waals surface area contributed by atoms with Crippen molar-refractivity contribution >= 4 is 5.97 Å². The van der Waals surface area contributed by atoms with E-state index in [0.717, 1.165) is 72.1 Å². The molecule has 5 atom stereocenters. The van der Waals surface area contributed by atoms with E-state index in [-0.39, 0.29) is 24.1 Å². The van der Waals surface area contributed by atoms with Crippen molar-refractivity contribution in [2.45, 2.75) is 76.1 Å². The summed E-state index contributed by atoms with van der Waals surface area (Å²) in [6.07, 6.45) is 6.82. The number of carbonyl (C=O) groups is 1. The average molecular weight is 633 g/mol. The van der Waals surface area contributed by atoms with Crippen molar-refractivity contribution in [2.24, 2.45) is 11.8 Å². The van der Waals surface area contributed by atoms with Crippen molar-refractivity contribution in [3.63, 3.8) is 0 Å². The molecule has 46 heavy (non-hydrogen) atoms. The molecule has 3 aliphatic rings. The molecule has 2 unspecified atom stereocenters. The zero-order chi connectivity index (χ0) is 32.4. The fraction of sp³-hybridized carbons (Fsp3) is 0.514. The molecule has 2 fully saturated rings. The van der Waals surface area contributed by atoms with E-state index in [1.165, 1.54) is 13.3 Å². The highest BCUT2D eigenvalue weighted by atomic mass is 19.1. The van der Waals surface area contributed by atoms with E-state index >= 15 is 4.39 Å². The average Bonchev–Trinajstić information content (AvgIpc) is 3.83. The number of halogens is 1. The Balaban J connectivity index is 1.35. The number of pyridine rings is 1. The number of rotatable bonds is 13. The third kappa shape index (κ3) is 6.77. The third-order valence-electron chi connectivity index (χ3n) is 10.2. The van der Waals surface area contributed by atoms with Gasteiger partial charge in [0.1, 0.15) is 17.7 Å². The number of hydrogen-bond acceptors (Lipinski definition) is 7. The molecule has 3 aromatic rings. The molecule has 0 bridgehead atoms. The summed E-state index contributed by atoms with van der Waals surface area (Å²) in [5, 5.41) is 9.81. The van der Waals surface area contributed by atoms with Gasteiger partial charge in [0.05, 0.1) is 32.4 Å². The molecule has 3 heterocycles. The number of fused-ring (bicyclic) bond motifs is 1. The molecule has 1 aliphatic carbocycles. The Morgan fingerprint density at radius 1 is 1.00 bits per heavy atom. The number of nitrogens with zero attached hydrogens (tertiary/aromatic N) is 2. The number of aliphatic carboxylic acids is 1. The summed E-state index contributed by atoms with van der Waals surface area (Å²) in [6.45, 7) is 3.63. The van der Waals surface area contributed by atoms with Gasteiger partial charge in [0.15, 0.2) is 0 Å². The van der Waals surface area contributed by atoms with Crippen molar-refractivity contribution in [3.05, 3.63) is 76.7 Å². The van der Waals surface area contributed by atoms with Crippen LogP contribution in [-0.2, 0) is 27.2 Å². The molecule has 6 rings (SSSR count). The lowest BCUT2D eigenvalue weighted by Gasteiger charge is -2.32. The quantitative estimate of drug-likeness (QED) is 0.220. The number of benzene rings is 2. The van der Waals surface area contributed by atoms with Gasteiger partial charge in [0, 0.05) is 44.5 Å². The fourth-order valence-electron chi connectivity index (χ4n) is 7.56. The van der Waals surface area contributed by atoms with Crippen LogP contribution < -0.4 is 9.47 Å². The van der Waals surface area contributed by atoms with Crippen LogP contribution in [0.5, 0.6) is 11.6 Å². The highest BCUT2D eigenvalue weighted by Gasteiger charge is 2.39. The minimum Gasteiger partial charge on any atom is -0.485 e. The highest BCUT2D eigenvalue weighted by Crippen LogP contribution is 2.48. The van der Waals surface area contributed by atoms with Crippen LogP contribution in [0.3, 0.4) is 0 Å². The van der Waals surface area contributed by atoms with Gasteiger partial charge in [-0.1, -0.05) is 37.3 Å². The van der Waals surface area contributed by atoms with Crippen molar-refractivity contribution in [1.29, 1.82) is 0 Å². The van der Waals surface area contributed by atoms with Crippen LogP contribution in [0.4, 0.5) is 4.39 Å². The molecular formula is C37H45FN2O6. The minimum atomic E-state index is -0.761. The van der Waals surface area contributed by atoms with Gasteiger partial charge in [-0.15, -0.1) is 0 Å². The van der Waals surface area contributed by atoms with Gasteiger partial charge in [-0.25, -0.2) is 9.37 Å². The van der Waals surface area contributed by atoms with Crippen LogP contribution in [0.15, 0.2) is 48.7 Å². The predicted molar refractivity (Wildman–Crippen MR) is 173 cm³/mol. The second kappa shape index (κ2) is 14.1. The summed E-state index contributed by atoms with van der Waals surface area (Å²) in [5.41, 5.74) is 5.42. The number of likely N-dealkylation sites (tertiary alicyclic amines) is 1. The summed E-state index contributed by atoms with van der Waals surface area (Å²) in [6, 6.07) is 14.6. The van der Waals surface area contributed by atoms with E-state index in [4.69, 9.17) is 18.9 Å². The topological polar surface area (TPSA) is 90.4 Å². The third-order valence-corrected chi connectivity index (χ3v) is 10.2. The monoisotopic (exact) mass is 632 g/mol. The number of hydrogen-bond donors (Lipinski definition) is 1. The van der Waals surface area contributed by atoms with Crippen LogP contribution in [0.2, 0.25) is 0 Å². The molecule has 1 saturated heterocycles. The van der Waals surface area contributed by atoms with Crippen molar-refractivity contribution in [1.82, 2.24) is 9.88 Å². The summed E-state index contributed by atoms with van der Waals surface area (Å²) in [5.74, 6) is -0.0660. The Bertz CT molecular complexity index is 1530. The molecule has 2 aromatic carbocycles. The summed E-state index contributed by atoms with van der Waals surface area (Å²) < 4.78 is 38.6. The first kappa shape index (κ1) is 32.4. The number of aromatic nitrogens is 1. The van der Waals surface area contributed by atoms with E-state index in [2.05, 4.69) is 34.1 Å². The van der Waals surface area contributed by atoms with Crippen LogP contribution >= 0.6 is 0 Å². The molecule has 246 valence electrons. The number of ether oxygens (including phenoxy) is 4. The van der Waals surface area contributed by atoms with Crippen LogP contribution in [0.25, 0.3) is 11.1 Å². The first-order chi connectivity index (χ1) is 22.3. The zero-order valence-electron chi connectivity index (χ0n) is 27.2. The molecule has 1 aromatic heterocycles. The smallest absolute Gasteiger partial charge is 0.306 e. The molecule has 0 spiro atoms. The Kier molecular flexibility index (Phi) is 9.92. The van der Waals surface area contributed by atoms with Crippen molar-refractivity contribution in [3.8, 4) is 22.8 Å². The van der Waals surface area contributed by atoms with Gasteiger partial charge in [-0.05, 0) is 84.2 Å². The number of aryl methyl sites for hydroxylation is 1. The van der Waals surface area contributed by atoms with E-state index in [0.29, 0.717) is 37.1 Å². The molecule has 8 nitrogen and oxygen atoms in total. The highest BCUT2D eigenvalue weighted by molar-refractivity contribution is 5.71. The lowest BCUT2D eigenvalue weighted by atomic mass is 9.82. The van der Waals surface area contributed by atoms with Gasteiger partial charge in [-0.2, -0.15) is 0 Å². The molecule has 1 saturated carbocycles. The molecule has 9 heteroatoms. The fourth-order valence-corrected chi connectivity index (χ4v) is 7.56. The van der Waals surface area contributed by atoms with Gasteiger partial charge in [-0.3, -0.25) is 9.69 Å². The number of carboxylic acid groups (broad SMARTS) is 1. The molecular weight excluding hydrogens is 587 g/mol. The van der Waals surface area contributed by atoms with E-state index in [1.54, 1.807) is 20.3 Å². The maximum atomic E-state index is 15.3. The maximum absolute atomic E-state index is 15.3.